The highest BCUT2D eigenvalue weighted by atomic mass is 35.5. The van der Waals surface area contributed by atoms with E-state index in [4.69, 9.17) is 11.6 Å². The number of alkyl halides is 1. The average molecular weight is 610 g/mol. The molecule has 3 atom stereocenters. The first-order valence-corrected chi connectivity index (χ1v) is 15.1. The number of aliphatic hydroxyl groups is 1. The van der Waals surface area contributed by atoms with Crippen LogP contribution < -0.4 is 15.4 Å². The number of hydrogen-bond donors (Lipinski definition) is 5. The fraction of sp³-hybridized carbons (Fsp3) is 0.357. The van der Waals surface area contributed by atoms with Gasteiger partial charge in [-0.2, -0.15) is 12.6 Å². The number of carbonyl (C=O) groups excluding carboxylic acids is 2. The third kappa shape index (κ3) is 8.40. The van der Waals surface area contributed by atoms with Crippen molar-refractivity contribution < 1.29 is 27.5 Å². The summed E-state index contributed by atoms with van der Waals surface area (Å²) in [6, 6.07) is 15.1. The predicted molar refractivity (Wildman–Crippen MR) is 158 cm³/mol. The van der Waals surface area contributed by atoms with Crippen LogP contribution in [0.25, 0.3) is 5.57 Å². The molecule has 216 valence electrons. The molecule has 1 unspecified atom stereocenters. The zero-order valence-corrected chi connectivity index (χ0v) is 24.4. The zero-order valence-electron chi connectivity index (χ0n) is 21.9. The third-order valence-electron chi connectivity index (χ3n) is 6.30. The van der Waals surface area contributed by atoms with E-state index in [1.807, 2.05) is 4.72 Å². The van der Waals surface area contributed by atoms with E-state index in [2.05, 4.69) is 23.3 Å². The molecule has 0 saturated carbocycles. The Morgan fingerprint density at radius 1 is 1.12 bits per heavy atom. The number of allylic oxidation sites excluding steroid dienone is 2. The molecule has 12 heteroatoms. The van der Waals surface area contributed by atoms with Crippen molar-refractivity contribution in [3.63, 3.8) is 0 Å². The Bertz CT molecular complexity index is 1370. The van der Waals surface area contributed by atoms with Gasteiger partial charge in [0.15, 0.2) is 4.21 Å². The molecule has 3 rings (SSSR count). The van der Waals surface area contributed by atoms with Crippen molar-refractivity contribution in [3.8, 4) is 0 Å². The van der Waals surface area contributed by atoms with Gasteiger partial charge in [0.1, 0.15) is 11.9 Å². The highest BCUT2D eigenvalue weighted by Crippen LogP contribution is 2.45. The SMILES string of the molecule is C[C@H](O)C(=O)NS(=O)(=O)C1(Cl)CC(CNCCC(=O)NC[C@H](S)Cc2ccccc2F)=CC=C1c1ccccc1. The first-order chi connectivity index (χ1) is 18.9. The standard InChI is InChI=1S/C28H33ClFN3O5S2/c1-19(34)27(36)33-40(37,38)28(29)16-20(11-12-24(28)21-7-3-2-4-8-21)17-31-14-13-26(35)32-18-23(39)15-22-9-5-6-10-25(22)30/h2-12,19,23,31,34,39H,13-18H2,1H3,(H,32,35)(H,33,36)/t19-,23+,28?/m0/s1. The molecular formula is C28H33ClFN3O5S2. The lowest BCUT2D eigenvalue weighted by Crippen LogP contribution is -2.49. The predicted octanol–water partition coefficient (Wildman–Crippen LogP) is 2.94. The smallest absolute Gasteiger partial charge is 0.262 e. The van der Waals surface area contributed by atoms with Crippen LogP contribution in [0.2, 0.25) is 0 Å². The van der Waals surface area contributed by atoms with Gasteiger partial charge in [0.05, 0.1) is 0 Å². The minimum atomic E-state index is -4.47. The van der Waals surface area contributed by atoms with Crippen molar-refractivity contribution in [2.75, 3.05) is 19.6 Å². The molecule has 0 aromatic heterocycles. The van der Waals surface area contributed by atoms with Crippen molar-refractivity contribution in [2.24, 2.45) is 0 Å². The van der Waals surface area contributed by atoms with Crippen molar-refractivity contribution in [1.29, 1.82) is 0 Å². The van der Waals surface area contributed by atoms with Gasteiger partial charge < -0.3 is 15.7 Å². The van der Waals surface area contributed by atoms with Gasteiger partial charge in [-0.15, -0.1) is 0 Å². The molecule has 0 heterocycles. The second-order valence-electron chi connectivity index (χ2n) is 9.50. The number of rotatable bonds is 13. The molecule has 2 amide bonds. The summed E-state index contributed by atoms with van der Waals surface area (Å²) in [7, 11) is -4.47. The van der Waals surface area contributed by atoms with Gasteiger partial charge in [-0.1, -0.05) is 77.9 Å². The van der Waals surface area contributed by atoms with Gasteiger partial charge in [0, 0.05) is 37.7 Å². The summed E-state index contributed by atoms with van der Waals surface area (Å²) in [6.45, 7) is 2.00. The van der Waals surface area contributed by atoms with E-state index >= 15 is 0 Å². The zero-order chi connectivity index (χ0) is 29.3. The normalized spacial score (nSPS) is 18.7. The van der Waals surface area contributed by atoms with Crippen LogP contribution in [0.3, 0.4) is 0 Å². The summed E-state index contributed by atoms with van der Waals surface area (Å²) in [6.07, 6.45) is 2.23. The maximum Gasteiger partial charge on any atom is 0.262 e. The average Bonchev–Trinajstić information content (AvgIpc) is 2.91. The highest BCUT2D eigenvalue weighted by Gasteiger charge is 2.48. The van der Waals surface area contributed by atoms with Crippen LogP contribution in [0.5, 0.6) is 0 Å². The molecule has 0 bridgehead atoms. The molecule has 0 fully saturated rings. The van der Waals surface area contributed by atoms with E-state index in [0.29, 0.717) is 35.2 Å². The number of nitrogens with one attached hydrogen (secondary N) is 3. The number of hydrogen-bond acceptors (Lipinski definition) is 7. The molecule has 8 nitrogen and oxygen atoms in total. The minimum Gasteiger partial charge on any atom is -0.384 e. The molecule has 1 aliphatic carbocycles. The van der Waals surface area contributed by atoms with Crippen LogP contribution >= 0.6 is 24.2 Å². The van der Waals surface area contributed by atoms with Crippen molar-refractivity contribution >= 4 is 51.6 Å². The number of benzene rings is 2. The van der Waals surface area contributed by atoms with Crippen molar-refractivity contribution in [1.82, 2.24) is 15.4 Å². The van der Waals surface area contributed by atoms with Gasteiger partial charge >= 0.3 is 0 Å². The van der Waals surface area contributed by atoms with Gasteiger partial charge in [-0.05, 0) is 36.1 Å². The van der Waals surface area contributed by atoms with Gasteiger partial charge in [0.25, 0.3) is 15.9 Å². The lowest BCUT2D eigenvalue weighted by atomic mass is 9.92. The van der Waals surface area contributed by atoms with Gasteiger partial charge in [-0.3, -0.25) is 9.59 Å². The summed E-state index contributed by atoms with van der Waals surface area (Å²) in [5.74, 6) is -1.59. The summed E-state index contributed by atoms with van der Waals surface area (Å²) in [5.41, 5.74) is 2.04. The Morgan fingerprint density at radius 2 is 1.80 bits per heavy atom. The van der Waals surface area contributed by atoms with E-state index in [0.717, 1.165) is 6.92 Å². The van der Waals surface area contributed by atoms with Crippen LogP contribution in [0.1, 0.15) is 30.9 Å². The van der Waals surface area contributed by atoms with Crippen molar-refractivity contribution in [3.05, 3.63) is 89.3 Å². The first-order valence-electron chi connectivity index (χ1n) is 12.7. The molecule has 4 N–H and O–H groups in total. The third-order valence-corrected chi connectivity index (χ3v) is 9.29. The van der Waals surface area contributed by atoms with Crippen LogP contribution in [0.4, 0.5) is 4.39 Å². The molecule has 2 aromatic rings. The highest BCUT2D eigenvalue weighted by molar-refractivity contribution is 7.93. The Kier molecular flexibility index (Phi) is 11.4. The fourth-order valence-electron chi connectivity index (χ4n) is 4.12. The Morgan fingerprint density at radius 3 is 2.48 bits per heavy atom. The maximum atomic E-state index is 13.8. The van der Waals surface area contributed by atoms with E-state index in [9.17, 15) is 27.5 Å². The summed E-state index contributed by atoms with van der Waals surface area (Å²) in [5, 5.41) is 15.2. The second-order valence-corrected chi connectivity index (χ2v) is 13.0. The fourth-order valence-corrected chi connectivity index (χ4v) is 6.32. The molecule has 0 spiro atoms. The number of thiol groups is 1. The lowest BCUT2D eigenvalue weighted by molar-refractivity contribution is -0.126. The summed E-state index contributed by atoms with van der Waals surface area (Å²) in [4.78, 5) is 24.3. The summed E-state index contributed by atoms with van der Waals surface area (Å²) >= 11 is 11.2. The Hall–Kier alpha value is -2.70. The number of sulfonamides is 1. The monoisotopic (exact) mass is 609 g/mol. The maximum absolute atomic E-state index is 13.8. The summed E-state index contributed by atoms with van der Waals surface area (Å²) < 4.78 is 40.3. The van der Waals surface area contributed by atoms with E-state index in [1.54, 1.807) is 60.7 Å². The molecule has 2 aromatic carbocycles. The number of amides is 2. The van der Waals surface area contributed by atoms with Gasteiger partial charge in [0.2, 0.25) is 5.91 Å². The van der Waals surface area contributed by atoms with E-state index in [-0.39, 0.29) is 42.9 Å². The van der Waals surface area contributed by atoms with Gasteiger partial charge in [-0.25, -0.2) is 17.5 Å². The number of halogens is 2. The largest absolute Gasteiger partial charge is 0.384 e. The quantitative estimate of drug-likeness (QED) is 0.135. The van der Waals surface area contributed by atoms with E-state index in [1.165, 1.54) is 6.07 Å². The minimum absolute atomic E-state index is 0.131. The molecule has 0 radical (unpaired) electrons. The number of aliphatic hydroxyl groups excluding tert-OH is 1. The molecule has 0 aliphatic heterocycles. The lowest BCUT2D eigenvalue weighted by Gasteiger charge is -2.33. The van der Waals surface area contributed by atoms with Crippen molar-refractivity contribution in [2.45, 2.75) is 41.7 Å². The first kappa shape index (κ1) is 31.8. The van der Waals surface area contributed by atoms with Crippen LogP contribution in [-0.2, 0) is 26.0 Å². The second kappa shape index (κ2) is 14.3. The Balaban J connectivity index is 1.57. The molecule has 0 saturated heterocycles. The molecular weight excluding hydrogens is 577 g/mol. The topological polar surface area (TPSA) is 125 Å². The van der Waals surface area contributed by atoms with Crippen LogP contribution in [0.15, 0.2) is 72.3 Å². The molecule has 1 aliphatic rings. The van der Waals surface area contributed by atoms with E-state index < -0.39 is 26.2 Å². The Labute approximate surface area is 244 Å². The molecule has 40 heavy (non-hydrogen) atoms. The number of carbonyl (C=O) groups is 2. The van der Waals surface area contributed by atoms with Crippen LogP contribution in [0, 0.1) is 5.82 Å². The van der Waals surface area contributed by atoms with Crippen LogP contribution in [-0.4, -0.2) is 60.5 Å².